The molecule has 3 aromatic rings. The second-order valence-corrected chi connectivity index (χ2v) is 16.7. The van der Waals surface area contributed by atoms with E-state index in [-0.39, 0.29) is 23.8 Å². The van der Waals surface area contributed by atoms with Crippen LogP contribution in [0.1, 0.15) is 19.3 Å². The highest BCUT2D eigenvalue weighted by Crippen LogP contribution is 2.43. The summed E-state index contributed by atoms with van der Waals surface area (Å²) in [6, 6.07) is 6.64. The minimum atomic E-state index is -1.23. The summed E-state index contributed by atoms with van der Waals surface area (Å²) in [4.78, 5) is 32.8. The van der Waals surface area contributed by atoms with E-state index in [0.717, 1.165) is 47.4 Å². The van der Waals surface area contributed by atoms with Crippen molar-refractivity contribution in [3.8, 4) is 22.8 Å². The molecule has 3 heterocycles. The fourth-order valence-corrected chi connectivity index (χ4v) is 5.01. The van der Waals surface area contributed by atoms with Gasteiger partial charge < -0.3 is 28.9 Å². The molecule has 5 rings (SSSR count). The number of hydrogen-bond acceptors (Lipinski definition) is 7. The lowest BCUT2D eigenvalue weighted by Gasteiger charge is -2.15. The normalized spacial score (nSPS) is 19.0. The van der Waals surface area contributed by atoms with E-state index in [9.17, 15) is 9.59 Å². The van der Waals surface area contributed by atoms with Gasteiger partial charge in [-0.25, -0.2) is 9.97 Å². The minimum Gasteiger partial charge on any atom is -0.490 e. The highest BCUT2D eigenvalue weighted by atomic mass is 28.3. The largest absolute Gasteiger partial charge is 0.490 e. The zero-order valence-electron chi connectivity index (χ0n) is 21.8. The smallest absolute Gasteiger partial charge is 0.229 e. The molecule has 0 spiro atoms. The number of carbonyl (C=O) groups excluding carboxylic acids is 2. The lowest BCUT2D eigenvalue weighted by atomic mass is 10.1. The Bertz CT molecular complexity index is 1310. The molecule has 37 heavy (non-hydrogen) atoms. The van der Waals surface area contributed by atoms with Crippen LogP contribution in [0.4, 0.5) is 5.82 Å². The number of rotatable bonds is 12. The molecule has 1 amide bonds. The van der Waals surface area contributed by atoms with Gasteiger partial charge in [0.25, 0.3) is 0 Å². The number of pyridine rings is 2. The van der Waals surface area contributed by atoms with Gasteiger partial charge in [0.15, 0.2) is 0 Å². The van der Waals surface area contributed by atoms with Gasteiger partial charge in [0, 0.05) is 49.9 Å². The van der Waals surface area contributed by atoms with Gasteiger partial charge in [0.2, 0.25) is 11.8 Å². The van der Waals surface area contributed by atoms with Crippen molar-refractivity contribution in [1.29, 1.82) is 0 Å². The molecule has 1 N–H and O–H groups in total. The van der Waals surface area contributed by atoms with Crippen LogP contribution >= 0.6 is 0 Å². The van der Waals surface area contributed by atoms with E-state index < -0.39 is 8.07 Å². The van der Waals surface area contributed by atoms with Crippen LogP contribution in [0.2, 0.25) is 25.7 Å². The van der Waals surface area contributed by atoms with Crippen LogP contribution in [-0.2, 0) is 21.1 Å². The van der Waals surface area contributed by atoms with Crippen molar-refractivity contribution in [2.45, 2.75) is 57.8 Å². The lowest BCUT2D eigenvalue weighted by Crippen LogP contribution is -2.22. The first-order chi connectivity index (χ1) is 17.8. The zero-order valence-corrected chi connectivity index (χ0v) is 22.8. The van der Waals surface area contributed by atoms with Crippen molar-refractivity contribution >= 4 is 37.1 Å². The maximum Gasteiger partial charge on any atom is 0.229 e. The summed E-state index contributed by atoms with van der Waals surface area (Å²) < 4.78 is 19.9. The molecule has 0 radical (unpaired) electrons. The molecule has 10 heteroatoms. The molecule has 2 saturated carbocycles. The molecule has 196 valence electrons. The summed E-state index contributed by atoms with van der Waals surface area (Å²) in [5.74, 6) is 0.991. The molecule has 9 nitrogen and oxygen atoms in total. The number of anilines is 1. The molecule has 2 atom stereocenters. The summed E-state index contributed by atoms with van der Waals surface area (Å²) in [7, 11) is 0.368. The Hall–Kier alpha value is -3.24. The number of carbonyl (C=O) groups is 2. The number of fused-ring (bicyclic) bond motifs is 1. The first-order valence-corrected chi connectivity index (χ1v) is 16.5. The fraction of sp³-hybridized carbons (Fsp3) is 0.481. The second-order valence-electron chi connectivity index (χ2n) is 11.1. The Balaban J connectivity index is 1.51. The summed E-state index contributed by atoms with van der Waals surface area (Å²) in [5, 5.41) is 3.74. The van der Waals surface area contributed by atoms with Crippen LogP contribution in [0.15, 0.2) is 30.6 Å². The van der Waals surface area contributed by atoms with E-state index in [0.29, 0.717) is 37.1 Å². The molecule has 2 aliphatic rings. The summed E-state index contributed by atoms with van der Waals surface area (Å²) in [6.45, 7) is 7.95. The number of amides is 1. The minimum absolute atomic E-state index is 0.178. The molecule has 0 unspecified atom stereocenters. The van der Waals surface area contributed by atoms with Crippen LogP contribution < -0.4 is 14.8 Å². The van der Waals surface area contributed by atoms with Crippen molar-refractivity contribution < 1.29 is 23.8 Å². The van der Waals surface area contributed by atoms with Crippen molar-refractivity contribution in [3.05, 3.63) is 30.6 Å². The predicted molar refractivity (Wildman–Crippen MR) is 144 cm³/mol. The van der Waals surface area contributed by atoms with Crippen molar-refractivity contribution in [3.63, 3.8) is 0 Å². The van der Waals surface area contributed by atoms with Crippen LogP contribution in [0.25, 0.3) is 22.2 Å². The van der Waals surface area contributed by atoms with Crippen molar-refractivity contribution in [2.75, 3.05) is 19.0 Å². The van der Waals surface area contributed by atoms with E-state index in [1.807, 2.05) is 22.9 Å². The number of methoxy groups -OCH3 is 1. The molecular formula is C27H34N4O5Si. The molecular weight excluding hydrogens is 488 g/mol. The van der Waals surface area contributed by atoms with Gasteiger partial charge in [-0.2, -0.15) is 0 Å². The number of aromatic nitrogens is 3. The third-order valence-electron chi connectivity index (χ3n) is 6.71. The fourth-order valence-electron chi connectivity index (χ4n) is 4.25. The Labute approximate surface area is 217 Å². The number of hydrogen-bond donors (Lipinski definition) is 1. The third kappa shape index (κ3) is 5.85. The molecule has 2 fully saturated rings. The maximum absolute atomic E-state index is 12.6. The highest BCUT2D eigenvalue weighted by Gasteiger charge is 2.43. The van der Waals surface area contributed by atoms with Gasteiger partial charge in [-0.3, -0.25) is 4.79 Å². The van der Waals surface area contributed by atoms with Crippen LogP contribution in [0, 0.1) is 11.8 Å². The van der Waals surface area contributed by atoms with Gasteiger partial charge in [0.05, 0.1) is 18.8 Å². The Morgan fingerprint density at radius 3 is 2.73 bits per heavy atom. The Morgan fingerprint density at radius 2 is 2.05 bits per heavy atom. The third-order valence-corrected chi connectivity index (χ3v) is 8.41. The monoisotopic (exact) mass is 522 g/mol. The van der Waals surface area contributed by atoms with Crippen molar-refractivity contribution in [2.24, 2.45) is 11.8 Å². The van der Waals surface area contributed by atoms with E-state index in [4.69, 9.17) is 19.2 Å². The van der Waals surface area contributed by atoms with Gasteiger partial charge in [-0.15, -0.1) is 0 Å². The summed E-state index contributed by atoms with van der Waals surface area (Å²) in [5.41, 5.74) is 2.32. The Kier molecular flexibility index (Phi) is 7.04. The van der Waals surface area contributed by atoms with Gasteiger partial charge in [-0.05, 0) is 43.5 Å². The standard InChI is InChI=1S/C27H34N4O5Si/c1-34-27-24(22(9-10-28-27)36-18-5-6-18)21-14-31(16-35-11-12-37(2,3)4)25-19(21)7-8-23(29-25)30-26(33)20-13-17(20)15-32/h7-10,14-15,17-18,20H,5-6,11-13,16H2,1-4H3,(H,29,30,33)/t17-,20+/m0/s1. The van der Waals surface area contributed by atoms with Gasteiger partial charge in [-0.1, -0.05) is 19.6 Å². The van der Waals surface area contributed by atoms with E-state index in [1.165, 1.54) is 0 Å². The average Bonchev–Trinajstić information content (AvgIpc) is 3.79. The zero-order chi connectivity index (χ0) is 26.2. The topological polar surface area (TPSA) is 105 Å². The molecule has 0 aromatic carbocycles. The van der Waals surface area contributed by atoms with Gasteiger partial charge in [0.1, 0.15) is 30.2 Å². The highest BCUT2D eigenvalue weighted by molar-refractivity contribution is 6.76. The number of ether oxygens (including phenoxy) is 3. The number of nitrogens with one attached hydrogen (secondary N) is 1. The SMILES string of the molecule is COc1nccc(OC2CC2)c1-c1cn(COCC[Si](C)(C)C)c2nc(NC(=O)[C@@H]3C[C@H]3C=O)ccc12. The van der Waals surface area contributed by atoms with E-state index >= 15 is 0 Å². The number of nitrogens with zero attached hydrogens (tertiary/aromatic N) is 3. The average molecular weight is 523 g/mol. The van der Waals surface area contributed by atoms with E-state index in [2.05, 4.69) is 29.9 Å². The quantitative estimate of drug-likeness (QED) is 0.208. The van der Waals surface area contributed by atoms with Crippen LogP contribution in [-0.4, -0.2) is 54.6 Å². The molecule has 0 bridgehead atoms. The predicted octanol–water partition coefficient (Wildman–Crippen LogP) is 4.73. The van der Waals surface area contributed by atoms with E-state index in [1.54, 1.807) is 19.4 Å². The molecule has 2 aliphatic carbocycles. The molecule has 0 saturated heterocycles. The summed E-state index contributed by atoms with van der Waals surface area (Å²) in [6.07, 6.45) is 7.39. The maximum atomic E-state index is 12.6. The second kappa shape index (κ2) is 10.3. The first-order valence-electron chi connectivity index (χ1n) is 12.8. The van der Waals surface area contributed by atoms with Gasteiger partial charge >= 0.3 is 0 Å². The summed E-state index contributed by atoms with van der Waals surface area (Å²) >= 11 is 0. The van der Waals surface area contributed by atoms with Crippen molar-refractivity contribution in [1.82, 2.24) is 14.5 Å². The first kappa shape index (κ1) is 25.4. The molecule has 0 aliphatic heterocycles. The van der Waals surface area contributed by atoms with Crippen LogP contribution in [0.3, 0.4) is 0 Å². The van der Waals surface area contributed by atoms with Crippen LogP contribution in [0.5, 0.6) is 11.6 Å². The number of aldehydes is 1. The Morgan fingerprint density at radius 1 is 1.24 bits per heavy atom. The lowest BCUT2D eigenvalue weighted by molar-refractivity contribution is -0.119. The molecule has 3 aromatic heterocycles.